The normalized spacial score (nSPS) is 18.8. The summed E-state index contributed by atoms with van der Waals surface area (Å²) < 4.78 is 11.2. The first-order valence-corrected chi connectivity index (χ1v) is 11.9. The molecule has 2 atom stereocenters. The lowest BCUT2D eigenvalue weighted by Crippen LogP contribution is -2.54. The number of alkyl carbamates (subject to hydrolysis) is 1. The lowest BCUT2D eigenvalue weighted by Gasteiger charge is -2.37. The van der Waals surface area contributed by atoms with Gasteiger partial charge in [-0.05, 0) is 64.0 Å². The van der Waals surface area contributed by atoms with E-state index in [4.69, 9.17) is 9.47 Å². The van der Waals surface area contributed by atoms with Gasteiger partial charge in [-0.1, -0.05) is 19.9 Å². The molecule has 0 bridgehead atoms. The number of likely N-dealkylation sites (N-methyl/N-ethyl adjacent to an activating group) is 1. The van der Waals surface area contributed by atoms with Crippen molar-refractivity contribution < 1.29 is 24.2 Å². The molecule has 0 saturated carbocycles. The number of carbonyl (C=O) groups is 2. The highest BCUT2D eigenvalue weighted by atomic mass is 16.6. The van der Waals surface area contributed by atoms with Crippen molar-refractivity contribution in [3.05, 3.63) is 23.8 Å². The zero-order valence-electron chi connectivity index (χ0n) is 20.9. The monoisotopic (exact) mass is 463 g/mol. The van der Waals surface area contributed by atoms with E-state index in [-0.39, 0.29) is 36.6 Å². The molecular formula is C25H41N3O5. The van der Waals surface area contributed by atoms with Crippen molar-refractivity contribution >= 4 is 17.7 Å². The van der Waals surface area contributed by atoms with Gasteiger partial charge >= 0.3 is 6.09 Å². The molecule has 0 unspecified atom stereocenters. The highest BCUT2D eigenvalue weighted by Crippen LogP contribution is 2.31. The SMILES string of the molecule is CC(C)[C@H]1C(=O)N[C@H](CO)Cc2ccc(OCCCCCNC(=O)OC(C)(C)C)cc2N1C. The first-order valence-electron chi connectivity index (χ1n) is 11.9. The fourth-order valence-electron chi connectivity index (χ4n) is 4.02. The smallest absolute Gasteiger partial charge is 0.407 e. The van der Waals surface area contributed by atoms with Crippen LogP contribution in [0.1, 0.15) is 59.4 Å². The van der Waals surface area contributed by atoms with Crippen molar-refractivity contribution in [2.24, 2.45) is 5.92 Å². The number of nitrogens with one attached hydrogen (secondary N) is 2. The number of hydrogen-bond acceptors (Lipinski definition) is 6. The number of anilines is 1. The second-order valence-corrected chi connectivity index (χ2v) is 10.0. The molecule has 1 aromatic carbocycles. The molecule has 2 rings (SSSR count). The molecule has 1 aromatic rings. The number of amides is 2. The van der Waals surface area contributed by atoms with Gasteiger partial charge in [0, 0.05) is 25.3 Å². The molecule has 1 aliphatic heterocycles. The first kappa shape index (κ1) is 26.8. The van der Waals surface area contributed by atoms with E-state index in [1.165, 1.54) is 0 Å². The van der Waals surface area contributed by atoms with E-state index in [1.54, 1.807) is 0 Å². The minimum absolute atomic E-state index is 0.0662. The lowest BCUT2D eigenvalue weighted by molar-refractivity contribution is -0.124. The van der Waals surface area contributed by atoms with E-state index in [0.717, 1.165) is 36.3 Å². The van der Waals surface area contributed by atoms with Crippen LogP contribution in [0, 0.1) is 5.92 Å². The van der Waals surface area contributed by atoms with E-state index in [0.29, 0.717) is 19.6 Å². The van der Waals surface area contributed by atoms with Gasteiger partial charge in [-0.25, -0.2) is 4.79 Å². The summed E-state index contributed by atoms with van der Waals surface area (Å²) in [5, 5.41) is 15.4. The number of hydrogen-bond donors (Lipinski definition) is 3. The predicted molar refractivity (Wildman–Crippen MR) is 130 cm³/mol. The summed E-state index contributed by atoms with van der Waals surface area (Å²) in [7, 11) is 1.93. The van der Waals surface area contributed by atoms with Crippen LogP contribution < -0.4 is 20.3 Å². The van der Waals surface area contributed by atoms with E-state index in [2.05, 4.69) is 10.6 Å². The molecule has 186 valence electrons. The summed E-state index contributed by atoms with van der Waals surface area (Å²) in [5.74, 6) is 0.805. The molecule has 1 heterocycles. The summed E-state index contributed by atoms with van der Waals surface area (Å²) >= 11 is 0. The number of nitrogens with zero attached hydrogens (tertiary/aromatic N) is 1. The molecule has 0 aromatic heterocycles. The Kier molecular flexibility index (Phi) is 9.83. The summed E-state index contributed by atoms with van der Waals surface area (Å²) in [6, 6.07) is 5.32. The van der Waals surface area contributed by atoms with Crippen molar-refractivity contribution in [1.82, 2.24) is 10.6 Å². The maximum absolute atomic E-state index is 12.8. The van der Waals surface area contributed by atoms with Crippen molar-refractivity contribution in [3.63, 3.8) is 0 Å². The maximum atomic E-state index is 12.8. The standard InChI is InChI=1S/C25H41N3O5/c1-17(2)22-23(30)27-19(16-29)14-18-10-11-20(15-21(18)28(22)6)32-13-9-7-8-12-26-24(31)33-25(3,4)5/h10-11,15,17,19,22,29H,7-9,12-14,16H2,1-6H3,(H,26,31)(H,27,30)/t19-,22-/m0/s1. The predicted octanol–water partition coefficient (Wildman–Crippen LogP) is 3.25. The van der Waals surface area contributed by atoms with Crippen LogP contribution in [0.2, 0.25) is 0 Å². The Bertz CT molecular complexity index is 791. The zero-order valence-corrected chi connectivity index (χ0v) is 20.9. The van der Waals surface area contributed by atoms with Crippen LogP contribution in [0.25, 0.3) is 0 Å². The minimum Gasteiger partial charge on any atom is -0.494 e. The van der Waals surface area contributed by atoms with Crippen LogP contribution in [0.4, 0.5) is 10.5 Å². The van der Waals surface area contributed by atoms with E-state index in [1.807, 2.05) is 64.8 Å². The molecule has 8 nitrogen and oxygen atoms in total. The molecule has 0 radical (unpaired) electrons. The molecule has 0 fully saturated rings. The van der Waals surface area contributed by atoms with Gasteiger partial charge < -0.3 is 30.1 Å². The Balaban J connectivity index is 1.89. The Morgan fingerprint density at radius 1 is 1.27 bits per heavy atom. The van der Waals surface area contributed by atoms with Crippen LogP contribution in [-0.4, -0.2) is 61.6 Å². The lowest BCUT2D eigenvalue weighted by atomic mass is 9.95. The van der Waals surface area contributed by atoms with Crippen molar-refractivity contribution in [2.45, 2.75) is 78.0 Å². The Morgan fingerprint density at radius 3 is 2.64 bits per heavy atom. The second kappa shape index (κ2) is 12.1. The number of aliphatic hydroxyl groups is 1. The van der Waals surface area contributed by atoms with Gasteiger partial charge in [0.05, 0.1) is 19.3 Å². The average Bonchev–Trinajstić information content (AvgIpc) is 2.70. The number of unbranched alkanes of at least 4 members (excludes halogenated alkanes) is 2. The molecule has 0 aliphatic carbocycles. The molecule has 3 N–H and O–H groups in total. The molecule has 1 aliphatic rings. The Morgan fingerprint density at radius 2 is 2.00 bits per heavy atom. The van der Waals surface area contributed by atoms with Crippen molar-refractivity contribution in [2.75, 3.05) is 31.7 Å². The summed E-state index contributed by atoms with van der Waals surface area (Å²) in [4.78, 5) is 26.4. The van der Waals surface area contributed by atoms with Crippen LogP contribution in [0.5, 0.6) is 5.75 Å². The Labute approximate surface area is 198 Å². The summed E-state index contributed by atoms with van der Waals surface area (Å²) in [6.07, 6.45) is 2.82. The second-order valence-electron chi connectivity index (χ2n) is 10.0. The van der Waals surface area contributed by atoms with Gasteiger partial charge in [-0.15, -0.1) is 0 Å². The van der Waals surface area contributed by atoms with Crippen LogP contribution in [0.15, 0.2) is 18.2 Å². The van der Waals surface area contributed by atoms with Gasteiger partial charge in [-0.2, -0.15) is 0 Å². The summed E-state index contributed by atoms with van der Waals surface area (Å²) in [5.41, 5.74) is 1.54. The van der Waals surface area contributed by atoms with Gasteiger partial charge in [0.15, 0.2) is 0 Å². The highest BCUT2D eigenvalue weighted by Gasteiger charge is 2.32. The molecule has 33 heavy (non-hydrogen) atoms. The van der Waals surface area contributed by atoms with Crippen LogP contribution in [0.3, 0.4) is 0 Å². The quantitative estimate of drug-likeness (QED) is 0.486. The fourth-order valence-corrected chi connectivity index (χ4v) is 4.02. The minimum atomic E-state index is -0.489. The molecule has 2 amide bonds. The number of carbonyl (C=O) groups excluding carboxylic acids is 2. The number of ether oxygens (including phenoxy) is 2. The third-order valence-electron chi connectivity index (χ3n) is 5.55. The largest absolute Gasteiger partial charge is 0.494 e. The fraction of sp³-hybridized carbons (Fsp3) is 0.680. The molecular weight excluding hydrogens is 422 g/mol. The van der Waals surface area contributed by atoms with Gasteiger partial charge in [0.25, 0.3) is 0 Å². The van der Waals surface area contributed by atoms with Crippen molar-refractivity contribution in [3.8, 4) is 5.75 Å². The summed E-state index contributed by atoms with van der Waals surface area (Å²) in [6.45, 7) is 10.6. The van der Waals surface area contributed by atoms with Gasteiger partial charge in [0.2, 0.25) is 5.91 Å². The van der Waals surface area contributed by atoms with Crippen LogP contribution in [-0.2, 0) is 16.0 Å². The van der Waals surface area contributed by atoms with Gasteiger partial charge in [0.1, 0.15) is 17.4 Å². The maximum Gasteiger partial charge on any atom is 0.407 e. The highest BCUT2D eigenvalue weighted by molar-refractivity contribution is 5.86. The van der Waals surface area contributed by atoms with E-state index >= 15 is 0 Å². The Hall–Kier alpha value is -2.48. The number of fused-ring (bicyclic) bond motifs is 1. The third-order valence-corrected chi connectivity index (χ3v) is 5.55. The third kappa shape index (κ3) is 8.42. The topological polar surface area (TPSA) is 100 Å². The molecule has 0 saturated heterocycles. The average molecular weight is 464 g/mol. The van der Waals surface area contributed by atoms with E-state index < -0.39 is 5.60 Å². The molecule has 0 spiro atoms. The number of aliphatic hydroxyl groups excluding tert-OH is 1. The number of benzene rings is 1. The van der Waals surface area contributed by atoms with Crippen LogP contribution >= 0.6 is 0 Å². The first-order chi connectivity index (χ1) is 15.5. The zero-order chi connectivity index (χ0) is 24.6. The molecule has 8 heteroatoms. The van der Waals surface area contributed by atoms with Gasteiger partial charge in [-0.3, -0.25) is 4.79 Å². The number of rotatable bonds is 9. The van der Waals surface area contributed by atoms with E-state index in [9.17, 15) is 14.7 Å². The van der Waals surface area contributed by atoms with Crippen molar-refractivity contribution in [1.29, 1.82) is 0 Å².